The summed E-state index contributed by atoms with van der Waals surface area (Å²) in [7, 11) is 0. The first kappa shape index (κ1) is 17.1. The van der Waals surface area contributed by atoms with E-state index in [0.717, 1.165) is 54.0 Å². The molecule has 2 aromatic heterocycles. The summed E-state index contributed by atoms with van der Waals surface area (Å²) >= 11 is 0. The number of furan rings is 1. The Morgan fingerprint density at radius 2 is 1.79 bits per heavy atom. The zero-order valence-electron chi connectivity index (χ0n) is 15.9. The van der Waals surface area contributed by atoms with E-state index >= 15 is 0 Å². The van der Waals surface area contributed by atoms with Crippen molar-refractivity contribution in [3.63, 3.8) is 0 Å². The maximum atomic E-state index is 12.8. The number of urea groups is 1. The van der Waals surface area contributed by atoms with E-state index in [1.54, 1.807) is 12.4 Å². The molecule has 0 bridgehead atoms. The van der Waals surface area contributed by atoms with Gasteiger partial charge >= 0.3 is 6.03 Å². The predicted octanol–water partition coefficient (Wildman–Crippen LogP) is 4.06. The van der Waals surface area contributed by atoms with Gasteiger partial charge in [-0.1, -0.05) is 12.1 Å². The number of benzene rings is 1. The molecule has 2 aliphatic rings. The summed E-state index contributed by atoms with van der Waals surface area (Å²) in [6, 6.07) is 10.00. The molecule has 1 saturated heterocycles. The van der Waals surface area contributed by atoms with E-state index in [0.29, 0.717) is 13.1 Å². The lowest BCUT2D eigenvalue weighted by atomic mass is 9.96. The number of carbonyl (C=O) groups is 1. The lowest BCUT2D eigenvalue weighted by Crippen LogP contribution is -2.50. The third-order valence-electron chi connectivity index (χ3n) is 5.82. The summed E-state index contributed by atoms with van der Waals surface area (Å²) in [5.41, 5.74) is 4.07. The molecule has 1 aliphatic carbocycles. The Bertz CT molecular complexity index is 990. The third kappa shape index (κ3) is 3.09. The van der Waals surface area contributed by atoms with Crippen molar-refractivity contribution in [2.75, 3.05) is 36.4 Å². The van der Waals surface area contributed by atoms with Crippen molar-refractivity contribution in [2.24, 2.45) is 0 Å². The van der Waals surface area contributed by atoms with Crippen molar-refractivity contribution in [3.05, 3.63) is 54.0 Å². The van der Waals surface area contributed by atoms with Crippen LogP contribution in [0, 0.1) is 0 Å². The molecule has 2 amide bonds. The molecule has 0 saturated carbocycles. The highest BCUT2D eigenvalue weighted by Gasteiger charge is 2.24. The molecule has 0 radical (unpaired) electrons. The van der Waals surface area contributed by atoms with Gasteiger partial charge in [-0.05, 0) is 37.5 Å². The number of hydrogen-bond acceptors (Lipinski definition) is 4. The van der Waals surface area contributed by atoms with Crippen molar-refractivity contribution in [3.8, 4) is 0 Å². The van der Waals surface area contributed by atoms with Crippen LogP contribution >= 0.6 is 0 Å². The molecule has 0 atom stereocenters. The van der Waals surface area contributed by atoms with Crippen LogP contribution in [-0.2, 0) is 12.8 Å². The lowest BCUT2D eigenvalue weighted by Gasteiger charge is -2.36. The van der Waals surface area contributed by atoms with Gasteiger partial charge < -0.3 is 19.5 Å². The number of pyridine rings is 1. The Labute approximate surface area is 164 Å². The summed E-state index contributed by atoms with van der Waals surface area (Å²) in [6.07, 6.45) is 8.05. The summed E-state index contributed by atoms with van der Waals surface area (Å²) in [6.45, 7) is 3.02. The second kappa shape index (κ2) is 7.19. The number of anilines is 2. The van der Waals surface area contributed by atoms with Crippen LogP contribution in [0.3, 0.4) is 0 Å². The highest BCUT2D eigenvalue weighted by Crippen LogP contribution is 2.35. The Hall–Kier alpha value is -3.02. The van der Waals surface area contributed by atoms with Crippen LogP contribution in [0.5, 0.6) is 0 Å². The first-order chi connectivity index (χ1) is 13.8. The zero-order chi connectivity index (χ0) is 18.9. The van der Waals surface area contributed by atoms with E-state index in [2.05, 4.69) is 21.3 Å². The number of rotatable bonds is 2. The number of aromatic nitrogens is 1. The Morgan fingerprint density at radius 3 is 2.61 bits per heavy atom. The fourth-order valence-electron chi connectivity index (χ4n) is 4.30. The fraction of sp³-hybridized carbons (Fsp3) is 0.364. The van der Waals surface area contributed by atoms with Crippen molar-refractivity contribution >= 4 is 28.4 Å². The first-order valence-electron chi connectivity index (χ1n) is 10.0. The number of nitrogens with one attached hydrogen (secondary N) is 1. The smallest absolute Gasteiger partial charge is 0.322 e. The van der Waals surface area contributed by atoms with E-state index in [-0.39, 0.29) is 6.03 Å². The van der Waals surface area contributed by atoms with Crippen molar-refractivity contribution < 1.29 is 9.21 Å². The average molecular weight is 376 g/mol. The van der Waals surface area contributed by atoms with E-state index < -0.39 is 0 Å². The monoisotopic (exact) mass is 376 g/mol. The van der Waals surface area contributed by atoms with E-state index in [9.17, 15) is 4.79 Å². The predicted molar refractivity (Wildman–Crippen MR) is 110 cm³/mol. The summed E-state index contributed by atoms with van der Waals surface area (Å²) in [4.78, 5) is 21.1. The van der Waals surface area contributed by atoms with Gasteiger partial charge in [-0.25, -0.2) is 4.79 Å². The Kier molecular flexibility index (Phi) is 4.39. The minimum absolute atomic E-state index is 0.0590. The van der Waals surface area contributed by atoms with Gasteiger partial charge in [-0.15, -0.1) is 0 Å². The largest absolute Gasteiger partial charge is 0.459 e. The van der Waals surface area contributed by atoms with Crippen LogP contribution < -0.4 is 10.2 Å². The molecule has 3 heterocycles. The molecule has 0 spiro atoms. The molecular formula is C22H24N4O2. The molecule has 1 N–H and O–H groups in total. The summed E-state index contributed by atoms with van der Waals surface area (Å²) < 4.78 is 6.14. The Balaban J connectivity index is 1.29. The van der Waals surface area contributed by atoms with Gasteiger partial charge in [0.15, 0.2) is 5.58 Å². The number of hydrogen-bond donors (Lipinski definition) is 1. The number of para-hydroxylation sites is 1. The van der Waals surface area contributed by atoms with Gasteiger partial charge in [0.05, 0.1) is 5.69 Å². The quantitative estimate of drug-likeness (QED) is 0.733. The SMILES string of the molecule is O=C(Nc1cccc2c3c(oc12)CCCC3)N1CCN(c2ccncc2)CC1. The van der Waals surface area contributed by atoms with Gasteiger partial charge in [-0.3, -0.25) is 4.98 Å². The van der Waals surface area contributed by atoms with Crippen molar-refractivity contribution in [2.45, 2.75) is 25.7 Å². The molecule has 6 heteroatoms. The molecule has 6 nitrogen and oxygen atoms in total. The molecule has 0 unspecified atom stereocenters. The van der Waals surface area contributed by atoms with Crippen LogP contribution in [0.1, 0.15) is 24.2 Å². The molecule has 1 aromatic carbocycles. The standard InChI is InChI=1S/C22H24N4O2/c27-22(26-14-12-25(13-15-26)16-8-10-23-11-9-16)24-19-6-3-5-18-17-4-1-2-7-20(17)28-21(18)19/h3,5-6,8-11H,1-2,4,7,12-15H2,(H,24,27). The lowest BCUT2D eigenvalue weighted by molar-refractivity contribution is 0.208. The van der Waals surface area contributed by atoms with Gasteiger partial charge in [-0.2, -0.15) is 0 Å². The number of amides is 2. The number of piperazine rings is 1. The van der Waals surface area contributed by atoms with Crippen molar-refractivity contribution in [1.82, 2.24) is 9.88 Å². The molecule has 1 fully saturated rings. The number of fused-ring (bicyclic) bond motifs is 3. The molecule has 1 aliphatic heterocycles. The maximum absolute atomic E-state index is 12.8. The highest BCUT2D eigenvalue weighted by molar-refractivity contribution is 6.00. The van der Waals surface area contributed by atoms with E-state index in [1.165, 1.54) is 18.4 Å². The number of nitrogens with zero attached hydrogens (tertiary/aromatic N) is 3. The summed E-state index contributed by atoms with van der Waals surface area (Å²) in [5, 5.41) is 4.23. The second-order valence-corrected chi connectivity index (χ2v) is 7.50. The Morgan fingerprint density at radius 1 is 1.00 bits per heavy atom. The van der Waals surface area contributed by atoms with Crippen LogP contribution in [0.25, 0.3) is 11.0 Å². The minimum atomic E-state index is -0.0590. The van der Waals surface area contributed by atoms with Crippen LogP contribution in [0.15, 0.2) is 47.1 Å². The average Bonchev–Trinajstić information content (AvgIpc) is 3.14. The van der Waals surface area contributed by atoms with Gasteiger partial charge in [0, 0.05) is 61.6 Å². The highest BCUT2D eigenvalue weighted by atomic mass is 16.3. The van der Waals surface area contributed by atoms with Gasteiger partial charge in [0.1, 0.15) is 5.76 Å². The topological polar surface area (TPSA) is 61.6 Å². The number of aryl methyl sites for hydroxylation is 2. The van der Waals surface area contributed by atoms with Crippen molar-refractivity contribution in [1.29, 1.82) is 0 Å². The third-order valence-corrected chi connectivity index (χ3v) is 5.82. The first-order valence-corrected chi connectivity index (χ1v) is 10.0. The molecule has 5 rings (SSSR count). The van der Waals surface area contributed by atoms with Crippen LogP contribution in [0.2, 0.25) is 0 Å². The minimum Gasteiger partial charge on any atom is -0.459 e. The molecule has 3 aromatic rings. The van der Waals surface area contributed by atoms with Gasteiger partial charge in [0.25, 0.3) is 0 Å². The van der Waals surface area contributed by atoms with E-state index in [4.69, 9.17) is 4.42 Å². The van der Waals surface area contributed by atoms with Gasteiger partial charge in [0.2, 0.25) is 0 Å². The van der Waals surface area contributed by atoms with E-state index in [1.807, 2.05) is 29.2 Å². The molecular weight excluding hydrogens is 352 g/mol. The normalized spacial score (nSPS) is 16.9. The molecule has 144 valence electrons. The zero-order valence-corrected chi connectivity index (χ0v) is 15.9. The molecule has 28 heavy (non-hydrogen) atoms. The number of carbonyl (C=O) groups excluding carboxylic acids is 1. The fourth-order valence-corrected chi connectivity index (χ4v) is 4.30. The second-order valence-electron chi connectivity index (χ2n) is 7.50. The summed E-state index contributed by atoms with van der Waals surface area (Å²) in [5.74, 6) is 1.09. The van der Waals surface area contributed by atoms with Crippen LogP contribution in [0.4, 0.5) is 16.2 Å². The maximum Gasteiger partial charge on any atom is 0.322 e. The van der Waals surface area contributed by atoms with Crippen LogP contribution in [-0.4, -0.2) is 42.1 Å².